The normalized spacial score (nSPS) is 10.0. The molecule has 0 heterocycles. The molecule has 0 unspecified atom stereocenters. The van der Waals surface area contributed by atoms with Crippen LogP contribution in [-0.4, -0.2) is 20.1 Å². The third-order valence-electron chi connectivity index (χ3n) is 2.43. The summed E-state index contributed by atoms with van der Waals surface area (Å²) in [6, 6.07) is 5.36. The van der Waals surface area contributed by atoms with E-state index in [1.165, 1.54) is 0 Å². The molecule has 0 amide bonds. The van der Waals surface area contributed by atoms with Gasteiger partial charge < -0.3 is 9.53 Å². The Morgan fingerprint density at radius 2 is 2.06 bits per heavy atom. The number of hydrogen-bond donors (Lipinski definition) is 1. The van der Waals surface area contributed by atoms with Crippen LogP contribution < -0.4 is 4.43 Å². The van der Waals surface area contributed by atoms with Gasteiger partial charge in [0.1, 0.15) is 11.3 Å². The molecule has 0 aromatic heterocycles. The first-order valence-electron chi connectivity index (χ1n) is 5.89. The second-order valence-electron chi connectivity index (χ2n) is 4.21. The van der Waals surface area contributed by atoms with Crippen molar-refractivity contribution in [2.75, 3.05) is 0 Å². The van der Waals surface area contributed by atoms with Crippen molar-refractivity contribution in [3.63, 3.8) is 0 Å². The zero-order chi connectivity index (χ0) is 12.8. The van der Waals surface area contributed by atoms with E-state index in [9.17, 15) is 4.79 Å². The lowest BCUT2D eigenvalue weighted by Gasteiger charge is -2.16. The lowest BCUT2D eigenvalue weighted by atomic mass is 10.0. The summed E-state index contributed by atoms with van der Waals surface area (Å²) in [5.74, 6) is -0.339. The van der Waals surface area contributed by atoms with E-state index in [1.54, 1.807) is 12.1 Å². The average Bonchev–Trinajstić information content (AvgIpc) is 2.26. The highest BCUT2D eigenvalue weighted by atomic mass is 35.5. The van der Waals surface area contributed by atoms with Gasteiger partial charge in [0.15, 0.2) is 0 Å². The maximum atomic E-state index is 11.2. The van der Waals surface area contributed by atoms with Crippen LogP contribution in [0.2, 0.25) is 13.1 Å². The predicted molar refractivity (Wildman–Crippen MR) is 77.4 cm³/mol. The number of rotatable bonds is 6. The van der Waals surface area contributed by atoms with Crippen molar-refractivity contribution in [1.82, 2.24) is 0 Å². The molecule has 0 aliphatic carbocycles. The van der Waals surface area contributed by atoms with E-state index in [4.69, 9.17) is 9.53 Å². The second-order valence-corrected chi connectivity index (χ2v) is 6.23. The highest BCUT2D eigenvalue weighted by molar-refractivity contribution is 6.49. The number of aromatic carboxylic acids is 1. The van der Waals surface area contributed by atoms with Gasteiger partial charge in [0.05, 0.1) is 0 Å². The zero-order valence-corrected chi connectivity index (χ0v) is 12.8. The molecule has 1 N–H and O–H groups in total. The summed E-state index contributed by atoms with van der Waals surface area (Å²) in [6.07, 6.45) is 3.02. The molecule has 0 aliphatic heterocycles. The summed E-state index contributed by atoms with van der Waals surface area (Å²) in [6.45, 7) is 6.14. The van der Waals surface area contributed by atoms with Crippen LogP contribution in [0, 0.1) is 0 Å². The standard InChI is InChI=1S/C13H19O3Si.ClH/c1-4-5-7-10-8-6-9-11(13(14)15)12(10)16-17(2)3;/h6,8-9H,4-5,7H2,1-3H3,(H,14,15);1H. The van der Waals surface area contributed by atoms with Gasteiger partial charge >= 0.3 is 5.97 Å². The molecule has 1 aromatic rings. The van der Waals surface area contributed by atoms with Gasteiger partial charge in [-0.1, -0.05) is 25.5 Å². The fourth-order valence-electron chi connectivity index (χ4n) is 1.64. The Hall–Kier alpha value is -1.00. The average molecular weight is 288 g/mol. The first kappa shape index (κ1) is 17.0. The molecule has 0 atom stereocenters. The Balaban J connectivity index is 0.00000289. The van der Waals surface area contributed by atoms with E-state index in [0.717, 1.165) is 24.8 Å². The summed E-state index contributed by atoms with van der Waals surface area (Å²) in [7, 11) is -0.952. The first-order chi connectivity index (χ1) is 8.06. The third-order valence-corrected chi connectivity index (χ3v) is 3.05. The fraction of sp³-hybridized carbons (Fsp3) is 0.462. The number of halogens is 1. The van der Waals surface area contributed by atoms with Crippen molar-refractivity contribution in [1.29, 1.82) is 0 Å². The van der Waals surface area contributed by atoms with Crippen LogP contribution in [0.4, 0.5) is 0 Å². The maximum Gasteiger partial charge on any atom is 0.339 e. The number of para-hydroxylation sites is 1. The largest absolute Gasteiger partial charge is 0.542 e. The third kappa shape index (κ3) is 4.70. The molecule has 0 fully saturated rings. The van der Waals surface area contributed by atoms with Crippen LogP contribution in [-0.2, 0) is 6.42 Å². The van der Waals surface area contributed by atoms with Crippen LogP contribution in [0.5, 0.6) is 5.75 Å². The summed E-state index contributed by atoms with van der Waals surface area (Å²) >= 11 is 0. The number of benzene rings is 1. The SMILES string of the molecule is CCCCc1cccc(C(=O)O)c1O[Si](C)C.Cl. The van der Waals surface area contributed by atoms with Crippen molar-refractivity contribution in [2.45, 2.75) is 39.3 Å². The van der Waals surface area contributed by atoms with Gasteiger partial charge in [-0.3, -0.25) is 0 Å². The van der Waals surface area contributed by atoms with Crippen molar-refractivity contribution in [3.8, 4) is 5.75 Å². The van der Waals surface area contributed by atoms with Gasteiger partial charge in [0.2, 0.25) is 0 Å². The monoisotopic (exact) mass is 287 g/mol. The first-order valence-corrected chi connectivity index (χ1v) is 8.30. The minimum Gasteiger partial charge on any atom is -0.542 e. The molecule has 1 radical (unpaired) electrons. The zero-order valence-electron chi connectivity index (χ0n) is 11.0. The van der Waals surface area contributed by atoms with E-state index < -0.39 is 15.0 Å². The molecule has 0 aliphatic rings. The smallest absolute Gasteiger partial charge is 0.339 e. The summed E-state index contributed by atoms with van der Waals surface area (Å²) < 4.78 is 5.76. The Bertz CT molecular complexity index is 394. The molecule has 0 saturated heterocycles. The highest BCUT2D eigenvalue weighted by Crippen LogP contribution is 2.26. The van der Waals surface area contributed by atoms with Crippen LogP contribution in [0.15, 0.2) is 18.2 Å². The molecule has 101 valence electrons. The minimum atomic E-state index is -0.952. The Labute approximate surface area is 116 Å². The quantitative estimate of drug-likeness (QED) is 0.810. The molecular formula is C13H20ClO3Si. The molecule has 1 rings (SSSR count). The summed E-state index contributed by atoms with van der Waals surface area (Å²) in [5.41, 5.74) is 1.29. The van der Waals surface area contributed by atoms with E-state index >= 15 is 0 Å². The lowest BCUT2D eigenvalue weighted by molar-refractivity contribution is 0.0694. The molecule has 0 spiro atoms. The van der Waals surface area contributed by atoms with Crippen LogP contribution in [0.1, 0.15) is 35.7 Å². The van der Waals surface area contributed by atoms with E-state index in [0.29, 0.717) is 5.75 Å². The van der Waals surface area contributed by atoms with E-state index in [-0.39, 0.29) is 18.0 Å². The Morgan fingerprint density at radius 1 is 1.39 bits per heavy atom. The molecule has 0 bridgehead atoms. The van der Waals surface area contributed by atoms with Crippen molar-refractivity contribution in [3.05, 3.63) is 29.3 Å². The number of carboxylic acid groups (broad SMARTS) is 1. The van der Waals surface area contributed by atoms with Crippen LogP contribution in [0.3, 0.4) is 0 Å². The molecule has 1 aromatic carbocycles. The molecule has 0 saturated carbocycles. The van der Waals surface area contributed by atoms with Gasteiger partial charge in [0.25, 0.3) is 9.04 Å². The highest BCUT2D eigenvalue weighted by Gasteiger charge is 2.16. The van der Waals surface area contributed by atoms with Crippen molar-refractivity contribution < 1.29 is 14.3 Å². The summed E-state index contributed by atoms with van der Waals surface area (Å²) in [5, 5.41) is 9.16. The minimum absolute atomic E-state index is 0. The van der Waals surface area contributed by atoms with Crippen molar-refractivity contribution >= 4 is 27.4 Å². The maximum absolute atomic E-state index is 11.2. The Morgan fingerprint density at radius 3 is 2.56 bits per heavy atom. The Kier molecular flexibility index (Phi) is 7.71. The van der Waals surface area contributed by atoms with E-state index in [2.05, 4.69) is 6.92 Å². The predicted octanol–water partition coefficient (Wildman–Crippen LogP) is 3.78. The number of aryl methyl sites for hydroxylation is 1. The van der Waals surface area contributed by atoms with Crippen LogP contribution >= 0.6 is 12.4 Å². The number of carbonyl (C=O) groups is 1. The van der Waals surface area contributed by atoms with Gasteiger partial charge in [-0.25, -0.2) is 4.79 Å². The molecule has 5 heteroatoms. The summed E-state index contributed by atoms with van der Waals surface area (Å²) in [4.78, 5) is 11.2. The molecule has 3 nitrogen and oxygen atoms in total. The topological polar surface area (TPSA) is 46.5 Å². The molecule has 18 heavy (non-hydrogen) atoms. The second kappa shape index (κ2) is 8.16. The van der Waals surface area contributed by atoms with Gasteiger partial charge in [-0.2, -0.15) is 0 Å². The number of carboxylic acids is 1. The van der Waals surface area contributed by atoms with Crippen LogP contribution in [0.25, 0.3) is 0 Å². The number of unbranched alkanes of at least 4 members (excludes halogenated alkanes) is 1. The lowest BCUT2D eigenvalue weighted by Crippen LogP contribution is -2.15. The van der Waals surface area contributed by atoms with Crippen molar-refractivity contribution in [2.24, 2.45) is 0 Å². The number of hydrogen-bond acceptors (Lipinski definition) is 2. The van der Waals surface area contributed by atoms with Gasteiger partial charge in [-0.15, -0.1) is 12.4 Å². The van der Waals surface area contributed by atoms with Gasteiger partial charge in [0, 0.05) is 0 Å². The fourth-order valence-corrected chi connectivity index (χ4v) is 2.29. The van der Waals surface area contributed by atoms with E-state index in [1.807, 2.05) is 19.2 Å². The van der Waals surface area contributed by atoms with Gasteiger partial charge in [-0.05, 0) is 37.6 Å². The molecular weight excluding hydrogens is 268 g/mol.